The number of hydrogen-bond donors (Lipinski definition) is 3. The summed E-state index contributed by atoms with van der Waals surface area (Å²) < 4.78 is 23.8. The Morgan fingerprint density at radius 2 is 0.699 bits per heavy atom. The summed E-state index contributed by atoms with van der Waals surface area (Å²) in [6.45, 7) is 4.81. The quantitative estimate of drug-likeness (QED) is 0.0243. The summed E-state index contributed by atoms with van der Waals surface area (Å²) >= 11 is 0. The minimum atomic E-state index is -4.37. The molecule has 0 bridgehead atoms. The third kappa shape index (κ3) is 67.3. The molecule has 0 radical (unpaired) electrons. The van der Waals surface area contributed by atoms with Gasteiger partial charge in [-0.1, -0.05) is 324 Å². The van der Waals surface area contributed by atoms with E-state index >= 15 is 0 Å². The topological polar surface area (TPSA) is 105 Å². The van der Waals surface area contributed by atoms with E-state index in [1.54, 1.807) is 6.08 Å². The van der Waals surface area contributed by atoms with Gasteiger partial charge in [0.25, 0.3) is 0 Å². The Hall–Kier alpha value is -2.06. The van der Waals surface area contributed by atoms with Crippen LogP contribution in [0.4, 0.5) is 0 Å². The van der Waals surface area contributed by atoms with Crippen molar-refractivity contribution in [2.24, 2.45) is 0 Å². The van der Waals surface area contributed by atoms with Crippen LogP contribution in [0, 0.1) is 0 Å². The van der Waals surface area contributed by atoms with Crippen molar-refractivity contribution in [3.63, 3.8) is 0 Å². The van der Waals surface area contributed by atoms with Gasteiger partial charge in [-0.25, -0.2) is 4.57 Å². The lowest BCUT2D eigenvalue weighted by molar-refractivity contribution is -0.870. The Labute approximate surface area is 516 Å². The summed E-state index contributed by atoms with van der Waals surface area (Å²) in [5, 5.41) is 14.0. The standard InChI is InChI=1S/C74H139N2O6P/c1-6-8-10-12-14-16-18-20-22-24-26-28-30-32-33-34-35-36-37-38-39-40-41-42-43-44-46-48-50-52-54-56-58-60-62-64-66-68-74(78)75-72(71-82-83(79,80)81-70-69-76(3,4)5)73(77)67-65-63-61-59-57-55-53-51-49-47-45-31-29-27-25-23-21-19-17-15-13-11-9-7-2/h18,20,24,26,30,32,49,51,57,59,65,67,72-73,77H,6-17,19,21-23,25,27-29,31,33-48,50,52-56,58,60-64,66,68-71H2,1-5H3,(H-,75,78,79,80)/p+1/b20-18-,26-24-,32-30-,51-49+,59-57+,67-65+. The maximum absolute atomic E-state index is 13.0. The summed E-state index contributed by atoms with van der Waals surface area (Å²) in [6, 6.07) is -0.873. The molecule has 0 saturated heterocycles. The molecule has 3 N–H and O–H groups in total. The van der Waals surface area contributed by atoms with Gasteiger partial charge in [0.2, 0.25) is 5.91 Å². The van der Waals surface area contributed by atoms with Crippen LogP contribution in [0.15, 0.2) is 72.9 Å². The van der Waals surface area contributed by atoms with Gasteiger partial charge in [-0.2, -0.15) is 0 Å². The van der Waals surface area contributed by atoms with Crippen molar-refractivity contribution < 1.29 is 32.9 Å². The number of allylic oxidation sites excluding steroid dienone is 11. The monoisotopic (exact) mass is 1180 g/mol. The first-order valence-corrected chi connectivity index (χ1v) is 37.3. The zero-order valence-electron chi connectivity index (χ0n) is 55.7. The van der Waals surface area contributed by atoms with Gasteiger partial charge < -0.3 is 19.8 Å². The van der Waals surface area contributed by atoms with Crippen molar-refractivity contribution in [3.05, 3.63) is 72.9 Å². The highest BCUT2D eigenvalue weighted by atomic mass is 31.2. The number of nitrogens with zero attached hydrogens (tertiary/aromatic N) is 1. The molecule has 1 amide bonds. The summed E-state index contributed by atoms with van der Waals surface area (Å²) in [5.41, 5.74) is 0. The van der Waals surface area contributed by atoms with Crippen molar-refractivity contribution in [1.82, 2.24) is 5.32 Å². The maximum Gasteiger partial charge on any atom is 0.472 e. The van der Waals surface area contributed by atoms with E-state index in [1.165, 1.54) is 263 Å². The molecule has 3 atom stereocenters. The van der Waals surface area contributed by atoms with Crippen molar-refractivity contribution in [1.29, 1.82) is 0 Å². The molecule has 0 aromatic heterocycles. The minimum absolute atomic E-state index is 0.0531. The van der Waals surface area contributed by atoms with Gasteiger partial charge in [-0.05, 0) is 83.5 Å². The number of aliphatic hydroxyl groups excluding tert-OH is 1. The number of phosphoric ester groups is 1. The predicted octanol–water partition coefficient (Wildman–Crippen LogP) is 22.9. The van der Waals surface area contributed by atoms with Gasteiger partial charge in [-0.15, -0.1) is 0 Å². The number of carbonyl (C=O) groups excluding carboxylic acids is 1. The summed E-state index contributed by atoms with van der Waals surface area (Å²) in [7, 11) is 1.55. The smallest absolute Gasteiger partial charge is 0.387 e. The SMILES string of the molecule is CCCCCCC/C=C\C/C=C\C/C=C\CCCCCCCCCCCCCCCCCCCCCCCCC(=O)NC(COP(=O)(O)OCC[N+](C)(C)C)C(O)/C=C/CC/C=C/CC/C=C/CCCCCCCCCCCCCCCC. The number of aliphatic hydroxyl groups is 1. The minimum Gasteiger partial charge on any atom is -0.387 e. The molecule has 0 aromatic rings. The van der Waals surface area contributed by atoms with E-state index in [1.807, 2.05) is 27.2 Å². The Balaban J connectivity index is 4.05. The Morgan fingerprint density at radius 1 is 0.410 bits per heavy atom. The molecule has 0 spiro atoms. The number of phosphoric acid groups is 1. The fraction of sp³-hybridized carbons (Fsp3) is 0.824. The molecule has 0 fully saturated rings. The second-order valence-corrected chi connectivity index (χ2v) is 27.0. The number of hydrogen-bond acceptors (Lipinski definition) is 5. The number of nitrogens with one attached hydrogen (secondary N) is 1. The molecule has 0 aliphatic carbocycles. The predicted molar refractivity (Wildman–Crippen MR) is 364 cm³/mol. The van der Waals surface area contributed by atoms with Crippen molar-refractivity contribution in [2.45, 2.75) is 353 Å². The highest BCUT2D eigenvalue weighted by Gasteiger charge is 2.28. The fourth-order valence-corrected chi connectivity index (χ4v) is 11.3. The largest absolute Gasteiger partial charge is 0.472 e. The summed E-state index contributed by atoms with van der Waals surface area (Å²) in [6.07, 6.45) is 90.6. The first-order chi connectivity index (χ1) is 40.5. The molecule has 9 heteroatoms. The molecule has 0 saturated carbocycles. The van der Waals surface area contributed by atoms with E-state index in [9.17, 15) is 19.4 Å². The maximum atomic E-state index is 13.0. The van der Waals surface area contributed by atoms with Crippen LogP contribution in [-0.4, -0.2) is 73.4 Å². The highest BCUT2D eigenvalue weighted by molar-refractivity contribution is 7.47. The molecule has 83 heavy (non-hydrogen) atoms. The van der Waals surface area contributed by atoms with Crippen LogP contribution in [-0.2, 0) is 18.4 Å². The van der Waals surface area contributed by atoms with E-state index in [4.69, 9.17) is 9.05 Å². The van der Waals surface area contributed by atoms with E-state index < -0.39 is 20.0 Å². The van der Waals surface area contributed by atoms with Gasteiger partial charge in [0, 0.05) is 6.42 Å². The average molecular weight is 1180 g/mol. The van der Waals surface area contributed by atoms with E-state index in [0.717, 1.165) is 57.8 Å². The van der Waals surface area contributed by atoms with Gasteiger partial charge in [-0.3, -0.25) is 13.8 Å². The van der Waals surface area contributed by atoms with E-state index in [-0.39, 0.29) is 19.1 Å². The third-order valence-electron chi connectivity index (χ3n) is 16.1. The number of amides is 1. The van der Waals surface area contributed by atoms with Gasteiger partial charge in [0.1, 0.15) is 13.2 Å². The molecule has 0 rings (SSSR count). The zero-order chi connectivity index (χ0) is 60.5. The molecular formula is C74H140N2O6P+. The van der Waals surface area contributed by atoms with Gasteiger partial charge >= 0.3 is 7.82 Å². The molecule has 8 nitrogen and oxygen atoms in total. The Bertz CT molecular complexity index is 1580. The average Bonchev–Trinajstić information content (AvgIpc) is 3.50. The molecule has 0 aliphatic rings. The van der Waals surface area contributed by atoms with E-state index in [2.05, 4.69) is 79.9 Å². The second-order valence-electron chi connectivity index (χ2n) is 25.6. The lowest BCUT2D eigenvalue weighted by atomic mass is 10.0. The third-order valence-corrected chi connectivity index (χ3v) is 17.1. The van der Waals surface area contributed by atoms with Gasteiger partial charge in [0.05, 0.1) is 39.9 Å². The molecule has 0 heterocycles. The number of unbranched alkanes of at least 4 members (excludes halogenated alkanes) is 43. The van der Waals surface area contributed by atoms with Crippen LogP contribution in [0.5, 0.6) is 0 Å². The Kier molecular flexibility index (Phi) is 62.8. The summed E-state index contributed by atoms with van der Waals surface area (Å²) in [4.78, 5) is 23.4. The molecule has 3 unspecified atom stereocenters. The van der Waals surface area contributed by atoms with Crippen LogP contribution in [0.2, 0.25) is 0 Å². The van der Waals surface area contributed by atoms with Crippen molar-refractivity contribution in [3.8, 4) is 0 Å². The lowest BCUT2D eigenvalue weighted by Crippen LogP contribution is -2.45. The fourth-order valence-electron chi connectivity index (χ4n) is 10.6. The van der Waals surface area contributed by atoms with E-state index in [0.29, 0.717) is 17.4 Å². The lowest BCUT2D eigenvalue weighted by Gasteiger charge is -2.25. The number of carbonyl (C=O) groups is 1. The van der Waals surface area contributed by atoms with Crippen molar-refractivity contribution in [2.75, 3.05) is 40.9 Å². The number of likely N-dealkylation sites (N-methyl/N-ethyl adjacent to an activating group) is 1. The van der Waals surface area contributed by atoms with Crippen LogP contribution < -0.4 is 5.32 Å². The molecular weight excluding hydrogens is 1040 g/mol. The Morgan fingerprint density at radius 3 is 1.05 bits per heavy atom. The number of quaternary nitrogens is 1. The molecule has 486 valence electrons. The van der Waals surface area contributed by atoms with Gasteiger partial charge in [0.15, 0.2) is 0 Å². The second kappa shape index (κ2) is 64.4. The molecule has 0 aromatic carbocycles. The zero-order valence-corrected chi connectivity index (χ0v) is 56.6. The normalized spacial score (nSPS) is 14.1. The first kappa shape index (κ1) is 80.9. The van der Waals surface area contributed by atoms with Crippen LogP contribution >= 0.6 is 7.82 Å². The van der Waals surface area contributed by atoms with Crippen LogP contribution in [0.25, 0.3) is 0 Å². The summed E-state index contributed by atoms with van der Waals surface area (Å²) in [5.74, 6) is -0.186. The highest BCUT2D eigenvalue weighted by Crippen LogP contribution is 2.43. The van der Waals surface area contributed by atoms with Crippen LogP contribution in [0.1, 0.15) is 341 Å². The number of rotatable bonds is 66. The van der Waals surface area contributed by atoms with Crippen molar-refractivity contribution >= 4 is 13.7 Å². The molecule has 0 aliphatic heterocycles. The van der Waals surface area contributed by atoms with Crippen LogP contribution in [0.3, 0.4) is 0 Å². The first-order valence-electron chi connectivity index (χ1n) is 35.8.